The predicted octanol–water partition coefficient (Wildman–Crippen LogP) is 2.13. The van der Waals surface area contributed by atoms with Crippen LogP contribution in [0.3, 0.4) is 0 Å². The lowest BCUT2D eigenvalue weighted by molar-refractivity contribution is 0.291. The summed E-state index contributed by atoms with van der Waals surface area (Å²) < 4.78 is 0. The molecule has 0 aliphatic heterocycles. The maximum Gasteiger partial charge on any atom is 0.257 e. The first-order valence-electron chi connectivity index (χ1n) is 4.80. The first-order valence-corrected chi connectivity index (χ1v) is 5.62. The second-order valence-corrected chi connectivity index (χ2v) is 4.04. The van der Waals surface area contributed by atoms with Crippen LogP contribution in [0.15, 0.2) is 0 Å². The molecule has 0 aromatic rings. The van der Waals surface area contributed by atoms with Crippen molar-refractivity contribution in [3.8, 4) is 0 Å². The average Bonchev–Trinajstić information content (AvgIpc) is 2.02. The average molecular weight is 252 g/mol. The number of thiocarbonyl (C=S) groups is 2. The molecule has 0 aromatic carbocycles. The number of hydrogen-bond donors (Lipinski definition) is 3. The molecule has 0 bridgehead atoms. The van der Waals surface area contributed by atoms with Crippen molar-refractivity contribution in [1.29, 1.82) is 0 Å². The molecule has 6 heteroatoms. The number of nitrogens with zero attached hydrogens (tertiary/aromatic N) is 1. The Morgan fingerprint density at radius 1 is 1.33 bits per heavy atom. The molecule has 0 radical (unpaired) electrons. The zero-order chi connectivity index (χ0) is 12.4. The van der Waals surface area contributed by atoms with Crippen LogP contribution >= 0.6 is 24.4 Å². The van der Waals surface area contributed by atoms with Crippen LogP contribution in [0.4, 0.5) is 0 Å². The van der Waals surface area contributed by atoms with Gasteiger partial charge in [-0.3, -0.25) is 0 Å². The molecule has 0 unspecified atom stereocenters. The summed E-state index contributed by atoms with van der Waals surface area (Å²) in [5, 5.41) is 16.2. The van der Waals surface area contributed by atoms with Crippen molar-refractivity contribution >= 4 is 34.8 Å². The topological polar surface area (TPSA) is 69.7 Å². The van der Waals surface area contributed by atoms with Gasteiger partial charge in [-0.2, -0.15) is 0 Å². The first-order chi connectivity index (χ1) is 6.82. The Morgan fingerprint density at radius 2 is 1.73 bits per heavy atom. The van der Waals surface area contributed by atoms with Crippen LogP contribution in [0, 0.1) is 0 Å². The highest BCUT2D eigenvalue weighted by Gasteiger charge is 2.10. The molecule has 0 amide bonds. The van der Waals surface area contributed by atoms with E-state index in [4.69, 9.17) is 10.2 Å². The van der Waals surface area contributed by atoms with Crippen LogP contribution < -0.4 is 5.73 Å². The number of rotatable bonds is 4. The fourth-order valence-electron chi connectivity index (χ4n) is 0.903. The number of aliphatic hydroxyl groups excluding tert-OH is 2. The van der Waals surface area contributed by atoms with Gasteiger partial charge in [-0.15, -0.1) is 0 Å². The molecule has 4 nitrogen and oxygen atoms in total. The lowest BCUT2D eigenvalue weighted by Crippen LogP contribution is -2.36. The molecule has 0 aliphatic rings. The van der Waals surface area contributed by atoms with Gasteiger partial charge in [-0.25, -0.2) is 0 Å². The summed E-state index contributed by atoms with van der Waals surface area (Å²) in [4.78, 5) is 1.83. The minimum Gasteiger partial charge on any atom is -0.487 e. The van der Waals surface area contributed by atoms with Crippen LogP contribution in [-0.4, -0.2) is 38.0 Å². The minimum atomic E-state index is -0.500. The van der Waals surface area contributed by atoms with E-state index in [0.29, 0.717) is 6.04 Å². The third kappa shape index (κ3) is 13.4. The lowest BCUT2D eigenvalue weighted by Gasteiger charge is -2.25. The van der Waals surface area contributed by atoms with E-state index in [1.54, 1.807) is 0 Å². The summed E-state index contributed by atoms with van der Waals surface area (Å²) in [7, 11) is 0. The van der Waals surface area contributed by atoms with E-state index in [2.05, 4.69) is 37.1 Å². The molecule has 4 N–H and O–H groups in total. The summed E-state index contributed by atoms with van der Waals surface area (Å²) in [5.41, 5.74) is 4.40. The standard InChI is InChI=1S/C8H17NOS.CH3NOS/c1-4-5-6-9(7(2)3)8(10)11;2-1(3)4/h7H,4-6H2,1-3H3,(H,10,11);(H3,2,3,4). The summed E-state index contributed by atoms with van der Waals surface area (Å²) in [5.74, 6) is 0. The molecular weight excluding hydrogens is 232 g/mol. The predicted molar refractivity (Wildman–Crippen MR) is 71.4 cm³/mol. The number of unbranched alkanes of at least 4 members (excludes halogenated alkanes) is 1. The van der Waals surface area contributed by atoms with E-state index in [9.17, 15) is 0 Å². The van der Waals surface area contributed by atoms with Gasteiger partial charge in [-0.1, -0.05) is 13.3 Å². The van der Waals surface area contributed by atoms with Gasteiger partial charge in [0.25, 0.3) is 10.3 Å². The SMILES string of the molecule is CCCCN(C(O)=S)C(C)C.NC(O)=S. The molecule has 0 rings (SSSR count). The number of hydrogen-bond acceptors (Lipinski definition) is 2. The molecule has 0 heterocycles. The van der Waals surface area contributed by atoms with Crippen molar-refractivity contribution in [2.24, 2.45) is 5.73 Å². The minimum absolute atomic E-state index is 0.0217. The van der Waals surface area contributed by atoms with Crippen LogP contribution in [0.2, 0.25) is 0 Å². The van der Waals surface area contributed by atoms with Crippen molar-refractivity contribution in [3.05, 3.63) is 0 Å². The quantitative estimate of drug-likeness (QED) is 0.666. The monoisotopic (exact) mass is 252 g/mol. The van der Waals surface area contributed by atoms with E-state index < -0.39 is 5.17 Å². The van der Waals surface area contributed by atoms with Crippen LogP contribution in [0.5, 0.6) is 0 Å². The first kappa shape index (κ1) is 16.8. The summed E-state index contributed by atoms with van der Waals surface area (Å²) in [6.45, 7) is 7.04. The molecular formula is C9H20N2O2S2. The van der Waals surface area contributed by atoms with Crippen LogP contribution in [0.25, 0.3) is 0 Å². The highest BCUT2D eigenvalue weighted by Crippen LogP contribution is 2.01. The number of aliphatic hydroxyl groups is 2. The van der Waals surface area contributed by atoms with E-state index in [0.717, 1.165) is 19.4 Å². The normalized spacial score (nSPS) is 9.07. The van der Waals surface area contributed by atoms with Crippen molar-refractivity contribution < 1.29 is 10.2 Å². The lowest BCUT2D eigenvalue weighted by atomic mass is 10.3. The Morgan fingerprint density at radius 3 is 1.93 bits per heavy atom. The Kier molecular flexibility index (Phi) is 11.1. The molecule has 0 fully saturated rings. The second-order valence-electron chi connectivity index (χ2n) is 3.26. The van der Waals surface area contributed by atoms with Crippen LogP contribution in [-0.2, 0) is 0 Å². The molecule has 0 saturated carbocycles. The third-order valence-electron chi connectivity index (χ3n) is 1.62. The molecule has 0 aromatic heterocycles. The summed E-state index contributed by atoms with van der Waals surface area (Å²) >= 11 is 8.56. The molecule has 0 atom stereocenters. The molecule has 0 spiro atoms. The maximum atomic E-state index is 9.07. The Hall–Kier alpha value is -0.620. The van der Waals surface area contributed by atoms with E-state index in [1.165, 1.54) is 0 Å². The number of nitrogens with two attached hydrogens (primary N) is 1. The fraction of sp³-hybridized carbons (Fsp3) is 0.778. The fourth-order valence-corrected chi connectivity index (χ4v) is 1.21. The Balaban J connectivity index is 0. The zero-order valence-corrected chi connectivity index (χ0v) is 11.1. The van der Waals surface area contributed by atoms with E-state index in [-0.39, 0.29) is 5.17 Å². The molecule has 0 saturated heterocycles. The Labute approximate surface area is 102 Å². The largest absolute Gasteiger partial charge is 0.487 e. The second kappa shape index (κ2) is 9.92. The molecule has 0 aliphatic carbocycles. The van der Waals surface area contributed by atoms with Gasteiger partial charge in [0.05, 0.1) is 0 Å². The summed E-state index contributed by atoms with van der Waals surface area (Å²) in [6.07, 6.45) is 2.21. The van der Waals surface area contributed by atoms with Crippen molar-refractivity contribution in [2.75, 3.05) is 6.54 Å². The van der Waals surface area contributed by atoms with Gasteiger partial charge in [-0.05, 0) is 44.7 Å². The van der Waals surface area contributed by atoms with Gasteiger partial charge in [0, 0.05) is 12.6 Å². The van der Waals surface area contributed by atoms with E-state index >= 15 is 0 Å². The van der Waals surface area contributed by atoms with Gasteiger partial charge < -0.3 is 20.8 Å². The van der Waals surface area contributed by atoms with Crippen LogP contribution in [0.1, 0.15) is 33.6 Å². The molecule has 15 heavy (non-hydrogen) atoms. The van der Waals surface area contributed by atoms with Gasteiger partial charge in [0.15, 0.2) is 0 Å². The van der Waals surface area contributed by atoms with Gasteiger partial charge >= 0.3 is 0 Å². The van der Waals surface area contributed by atoms with E-state index in [1.807, 2.05) is 18.7 Å². The van der Waals surface area contributed by atoms with Crippen molar-refractivity contribution in [2.45, 2.75) is 39.7 Å². The maximum absolute atomic E-state index is 9.07. The van der Waals surface area contributed by atoms with Crippen molar-refractivity contribution in [1.82, 2.24) is 4.90 Å². The Bertz CT molecular complexity index is 195. The highest BCUT2D eigenvalue weighted by molar-refractivity contribution is 7.80. The molecule has 90 valence electrons. The summed E-state index contributed by atoms with van der Waals surface area (Å²) in [6, 6.07) is 0.305. The third-order valence-corrected chi connectivity index (χ3v) is 1.86. The highest BCUT2D eigenvalue weighted by atomic mass is 32.1. The smallest absolute Gasteiger partial charge is 0.257 e. The zero-order valence-electron chi connectivity index (χ0n) is 9.43. The van der Waals surface area contributed by atoms with Gasteiger partial charge in [0.2, 0.25) is 0 Å². The van der Waals surface area contributed by atoms with Gasteiger partial charge in [0.1, 0.15) is 0 Å². The van der Waals surface area contributed by atoms with Crippen molar-refractivity contribution in [3.63, 3.8) is 0 Å².